The second kappa shape index (κ2) is 13.9. The molecule has 1 unspecified atom stereocenters. The molecule has 45 heavy (non-hydrogen) atoms. The van der Waals surface area contributed by atoms with Crippen molar-refractivity contribution in [2.45, 2.75) is 26.2 Å². The fourth-order valence-electron chi connectivity index (χ4n) is 4.89. The summed E-state index contributed by atoms with van der Waals surface area (Å²) in [5.74, 6) is -0.438. The molecule has 12 heteroatoms. The van der Waals surface area contributed by atoms with Crippen molar-refractivity contribution in [2.75, 3.05) is 25.6 Å². The molecule has 0 saturated carbocycles. The average molecular weight is 634 g/mol. The molecule has 0 aliphatic heterocycles. The molecule has 0 spiro atoms. The summed E-state index contributed by atoms with van der Waals surface area (Å²) in [5.41, 5.74) is 1.62. The molecule has 10 nitrogen and oxygen atoms in total. The van der Waals surface area contributed by atoms with Gasteiger partial charge in [0.25, 0.3) is 5.56 Å². The summed E-state index contributed by atoms with van der Waals surface area (Å²) in [6.07, 6.45) is 0. The molecule has 234 valence electrons. The molecule has 5 aromatic rings. The van der Waals surface area contributed by atoms with E-state index in [9.17, 15) is 18.9 Å². The Morgan fingerprint density at radius 2 is 1.67 bits per heavy atom. The summed E-state index contributed by atoms with van der Waals surface area (Å²) in [6, 6.07) is 23.9. The molecule has 1 aromatic heterocycles. The fraction of sp³-hybridized carbons (Fsp3) is 0.212. The summed E-state index contributed by atoms with van der Waals surface area (Å²) >= 11 is 0. The number of hydrogen-bond donors (Lipinski definition) is 2. The van der Waals surface area contributed by atoms with Crippen molar-refractivity contribution < 1.29 is 32.6 Å². The number of ether oxygens (including phenoxy) is 2. The summed E-state index contributed by atoms with van der Waals surface area (Å²) in [5, 5.41) is 13.6. The zero-order valence-electron chi connectivity index (χ0n) is 25.0. The van der Waals surface area contributed by atoms with Gasteiger partial charge in [0.1, 0.15) is 18.2 Å². The highest BCUT2D eigenvalue weighted by Gasteiger charge is 2.37. The third-order valence-corrected chi connectivity index (χ3v) is 9.17. The van der Waals surface area contributed by atoms with Gasteiger partial charge in [-0.25, -0.2) is 9.37 Å². The number of methoxy groups -OCH3 is 1. The van der Waals surface area contributed by atoms with E-state index in [1.54, 1.807) is 68.4 Å². The van der Waals surface area contributed by atoms with E-state index >= 15 is 0 Å². The number of aromatic nitrogens is 2. The number of nitrogens with one attached hydrogen (secondary N) is 1. The molecule has 2 N–H and O–H groups in total. The SMILES string of the molecule is CCOP(=O)(OCC)C(Nc1cccc(O)c1)c1ccc(OCc2nc3ccccc3c(=O)n2-c2ccc(F)cc2)c(OC)c1. The molecule has 1 heterocycles. The van der Waals surface area contributed by atoms with Crippen LogP contribution in [0.3, 0.4) is 0 Å². The van der Waals surface area contributed by atoms with E-state index in [0.29, 0.717) is 39.3 Å². The fourth-order valence-corrected chi connectivity index (χ4v) is 6.82. The lowest BCUT2D eigenvalue weighted by molar-refractivity contribution is 0.214. The van der Waals surface area contributed by atoms with E-state index in [1.165, 1.54) is 48.1 Å². The van der Waals surface area contributed by atoms with E-state index in [2.05, 4.69) is 10.3 Å². The van der Waals surface area contributed by atoms with Gasteiger partial charge in [0.05, 0.1) is 36.9 Å². The third kappa shape index (κ3) is 7.01. The molecule has 0 aliphatic rings. The maximum absolute atomic E-state index is 14.0. The lowest BCUT2D eigenvalue weighted by atomic mass is 10.2. The van der Waals surface area contributed by atoms with Gasteiger partial charge in [0.2, 0.25) is 0 Å². The van der Waals surface area contributed by atoms with Crippen molar-refractivity contribution in [3.63, 3.8) is 0 Å². The molecule has 0 radical (unpaired) electrons. The van der Waals surface area contributed by atoms with Gasteiger partial charge in [0, 0.05) is 11.8 Å². The van der Waals surface area contributed by atoms with Gasteiger partial charge in [-0.3, -0.25) is 13.9 Å². The van der Waals surface area contributed by atoms with Crippen LogP contribution in [0, 0.1) is 5.82 Å². The first-order chi connectivity index (χ1) is 21.8. The lowest BCUT2D eigenvalue weighted by Gasteiger charge is -2.28. The van der Waals surface area contributed by atoms with Crippen LogP contribution in [0.2, 0.25) is 0 Å². The van der Waals surface area contributed by atoms with Gasteiger partial charge < -0.3 is 28.9 Å². The Morgan fingerprint density at radius 3 is 2.36 bits per heavy atom. The van der Waals surface area contributed by atoms with E-state index in [4.69, 9.17) is 18.5 Å². The highest BCUT2D eigenvalue weighted by molar-refractivity contribution is 7.54. The van der Waals surface area contributed by atoms with Crippen molar-refractivity contribution in [1.82, 2.24) is 9.55 Å². The molecule has 0 fully saturated rings. The van der Waals surface area contributed by atoms with Crippen LogP contribution in [0.5, 0.6) is 17.2 Å². The molecule has 0 aliphatic carbocycles. The van der Waals surface area contributed by atoms with Crippen molar-refractivity contribution in [1.29, 1.82) is 0 Å². The molecule has 5 rings (SSSR count). The Kier molecular flexibility index (Phi) is 9.83. The van der Waals surface area contributed by atoms with Gasteiger partial charge in [0.15, 0.2) is 23.1 Å². The minimum atomic E-state index is -3.78. The maximum atomic E-state index is 14.0. The Balaban J connectivity index is 1.52. The van der Waals surface area contributed by atoms with Gasteiger partial charge in [-0.05, 0) is 80.1 Å². The number of para-hydroxylation sites is 1. The number of rotatable bonds is 13. The summed E-state index contributed by atoms with van der Waals surface area (Å²) in [4.78, 5) is 18.2. The number of benzene rings is 4. The van der Waals surface area contributed by atoms with Crippen molar-refractivity contribution in [3.05, 3.63) is 119 Å². The number of phenols is 1. The second-order valence-corrected chi connectivity index (χ2v) is 11.9. The standard InChI is InChI=1S/C33H33FN3O7P/c1-4-43-45(40,44-5-2)32(35-24-9-8-10-26(38)20-24)22-13-18-29(30(19-22)41-3)42-21-31-36-28-12-7-6-11-27(28)33(39)37(31)25-16-14-23(34)15-17-25/h6-20,32,35,38H,4-5,21H2,1-3H3. The highest BCUT2D eigenvalue weighted by Crippen LogP contribution is 2.61. The van der Waals surface area contributed by atoms with Gasteiger partial charge >= 0.3 is 7.60 Å². The van der Waals surface area contributed by atoms with Gasteiger partial charge in [-0.2, -0.15) is 0 Å². The normalized spacial score (nSPS) is 12.2. The Morgan fingerprint density at radius 1 is 0.933 bits per heavy atom. The number of aromatic hydroxyl groups is 1. The minimum Gasteiger partial charge on any atom is -0.508 e. The van der Waals surface area contributed by atoms with Crippen LogP contribution in [0.1, 0.15) is 31.0 Å². The monoisotopic (exact) mass is 633 g/mol. The number of halogens is 1. The second-order valence-electron chi connectivity index (χ2n) is 9.83. The number of fused-ring (bicyclic) bond motifs is 1. The smallest absolute Gasteiger partial charge is 0.357 e. The van der Waals surface area contributed by atoms with Gasteiger partial charge in [-0.15, -0.1) is 0 Å². The topological polar surface area (TPSA) is 121 Å². The van der Waals surface area contributed by atoms with Crippen LogP contribution in [0.4, 0.5) is 10.1 Å². The van der Waals surface area contributed by atoms with Crippen LogP contribution >= 0.6 is 7.60 Å². The van der Waals surface area contributed by atoms with E-state index in [-0.39, 0.29) is 37.0 Å². The first kappa shape index (κ1) is 31.7. The van der Waals surface area contributed by atoms with Crippen molar-refractivity contribution >= 4 is 24.2 Å². The Hall–Kier alpha value is -4.70. The summed E-state index contributed by atoms with van der Waals surface area (Å²) in [6.45, 7) is 3.60. The van der Waals surface area contributed by atoms with Crippen LogP contribution in [-0.2, 0) is 20.2 Å². The first-order valence-electron chi connectivity index (χ1n) is 14.3. The van der Waals surface area contributed by atoms with E-state index in [0.717, 1.165) is 0 Å². The quantitative estimate of drug-likeness (QED) is 0.130. The number of anilines is 1. The molecule has 1 atom stereocenters. The highest BCUT2D eigenvalue weighted by atomic mass is 31.2. The number of hydrogen-bond acceptors (Lipinski definition) is 9. The van der Waals surface area contributed by atoms with Crippen molar-refractivity contribution in [2.24, 2.45) is 0 Å². The largest absolute Gasteiger partial charge is 0.508 e. The first-order valence-corrected chi connectivity index (χ1v) is 15.9. The predicted molar refractivity (Wildman–Crippen MR) is 170 cm³/mol. The minimum absolute atomic E-state index is 0.0316. The number of nitrogens with zero attached hydrogens (tertiary/aromatic N) is 2. The molecular weight excluding hydrogens is 600 g/mol. The summed E-state index contributed by atoms with van der Waals surface area (Å²) in [7, 11) is -2.31. The van der Waals surface area contributed by atoms with Crippen LogP contribution < -0.4 is 20.3 Å². The van der Waals surface area contributed by atoms with Gasteiger partial charge in [-0.1, -0.05) is 24.3 Å². The third-order valence-electron chi connectivity index (χ3n) is 6.87. The zero-order chi connectivity index (χ0) is 32.0. The number of phenolic OH excluding ortho intramolecular Hbond substituents is 1. The predicted octanol–water partition coefficient (Wildman–Crippen LogP) is 7.19. The Labute approximate surface area is 259 Å². The Bertz CT molecular complexity index is 1890. The van der Waals surface area contributed by atoms with E-state index < -0.39 is 19.2 Å². The average Bonchev–Trinajstić information content (AvgIpc) is 3.03. The van der Waals surface area contributed by atoms with Crippen LogP contribution in [0.15, 0.2) is 95.8 Å². The van der Waals surface area contributed by atoms with Crippen molar-refractivity contribution in [3.8, 4) is 22.9 Å². The van der Waals surface area contributed by atoms with E-state index in [1.807, 2.05) is 0 Å². The zero-order valence-corrected chi connectivity index (χ0v) is 25.9. The molecule has 4 aromatic carbocycles. The maximum Gasteiger partial charge on any atom is 0.357 e. The van der Waals surface area contributed by atoms with Crippen LogP contribution in [-0.4, -0.2) is 35.0 Å². The summed E-state index contributed by atoms with van der Waals surface area (Å²) < 4.78 is 52.3. The molecule has 0 saturated heterocycles. The van der Waals surface area contributed by atoms with Crippen LogP contribution in [0.25, 0.3) is 16.6 Å². The lowest BCUT2D eigenvalue weighted by Crippen LogP contribution is -2.25. The molecule has 0 amide bonds. The molecule has 0 bridgehead atoms. The molecular formula is C33H33FN3O7P.